The summed E-state index contributed by atoms with van der Waals surface area (Å²) in [5.41, 5.74) is 7.40. The topological polar surface area (TPSA) is 94.1 Å². The van der Waals surface area contributed by atoms with Crippen molar-refractivity contribution in [2.24, 2.45) is 0 Å². The molecule has 1 aliphatic heterocycles. The number of aromatic hydroxyl groups is 1. The monoisotopic (exact) mass is 577 g/mol. The van der Waals surface area contributed by atoms with Crippen LogP contribution in [0.1, 0.15) is 63.5 Å². The predicted octanol–water partition coefficient (Wildman–Crippen LogP) is 6.69. The number of ether oxygens (including phenoxy) is 2. The molecular weight excluding hydrogens is 542 g/mol. The summed E-state index contributed by atoms with van der Waals surface area (Å²) in [5.74, 6) is -0.385. The lowest BCUT2D eigenvalue weighted by Gasteiger charge is -2.35. The summed E-state index contributed by atoms with van der Waals surface area (Å²) < 4.78 is 10.7. The summed E-state index contributed by atoms with van der Waals surface area (Å²) in [6.07, 6.45) is 2.92. The number of hydrogen-bond acceptors (Lipinski definition) is 6. The molecule has 7 heteroatoms. The Kier molecular flexibility index (Phi) is 8.93. The molecule has 4 aromatic rings. The molecule has 43 heavy (non-hydrogen) atoms. The number of allylic oxidation sites excluding steroid dienone is 2. The van der Waals surface area contributed by atoms with Gasteiger partial charge in [0.25, 0.3) is 0 Å². The maximum Gasteiger partial charge on any atom is 0.342 e. The molecule has 0 aliphatic carbocycles. The van der Waals surface area contributed by atoms with Gasteiger partial charge in [-0.15, -0.1) is 0 Å². The third-order valence-corrected chi connectivity index (χ3v) is 7.91. The van der Waals surface area contributed by atoms with Gasteiger partial charge in [-0.2, -0.15) is 0 Å². The van der Waals surface area contributed by atoms with Crippen molar-refractivity contribution in [1.82, 2.24) is 5.48 Å². The van der Waals surface area contributed by atoms with Crippen molar-refractivity contribution < 1.29 is 29.0 Å². The molecule has 0 fully saturated rings. The third-order valence-electron chi connectivity index (χ3n) is 7.91. The van der Waals surface area contributed by atoms with Crippen molar-refractivity contribution in [3.63, 3.8) is 0 Å². The van der Waals surface area contributed by atoms with Gasteiger partial charge >= 0.3 is 5.97 Å². The summed E-state index contributed by atoms with van der Waals surface area (Å²) in [7, 11) is 1.54. The summed E-state index contributed by atoms with van der Waals surface area (Å²) in [6.45, 7) is 3.90. The molecule has 0 radical (unpaired) electrons. The van der Waals surface area contributed by atoms with Gasteiger partial charge in [0.15, 0.2) is 5.60 Å². The smallest absolute Gasteiger partial charge is 0.342 e. The molecule has 0 saturated heterocycles. The van der Waals surface area contributed by atoms with E-state index < -0.39 is 11.6 Å². The SMILES string of the molecule is COc1c(C)c2c(c(O)c1C/C=C(\C)CCC(=O)NOC(c1ccccc1)(c1ccccc1)c1ccccc1)C(=O)OC2. The number of amides is 1. The van der Waals surface area contributed by atoms with Gasteiger partial charge in [-0.1, -0.05) is 103 Å². The van der Waals surface area contributed by atoms with Crippen LogP contribution in [0.25, 0.3) is 0 Å². The molecule has 0 spiro atoms. The second kappa shape index (κ2) is 13.0. The van der Waals surface area contributed by atoms with E-state index in [4.69, 9.17) is 14.3 Å². The Morgan fingerprint density at radius 3 is 1.98 bits per heavy atom. The molecule has 0 bridgehead atoms. The number of phenols is 1. The molecule has 1 amide bonds. The third kappa shape index (κ3) is 5.90. The van der Waals surface area contributed by atoms with E-state index >= 15 is 0 Å². The van der Waals surface area contributed by atoms with E-state index in [9.17, 15) is 14.7 Å². The highest BCUT2D eigenvalue weighted by atomic mass is 16.7. The number of nitrogens with one attached hydrogen (secondary N) is 1. The fourth-order valence-electron chi connectivity index (χ4n) is 5.60. The van der Waals surface area contributed by atoms with E-state index in [1.54, 1.807) is 0 Å². The molecule has 2 N–H and O–H groups in total. The van der Waals surface area contributed by atoms with Gasteiger partial charge in [-0.3, -0.25) is 9.63 Å². The van der Waals surface area contributed by atoms with Crippen LogP contribution in [0.5, 0.6) is 11.5 Å². The number of hydroxylamine groups is 1. The molecule has 4 aromatic carbocycles. The second-order valence-electron chi connectivity index (χ2n) is 10.6. The van der Waals surface area contributed by atoms with Gasteiger partial charge in [0.1, 0.15) is 23.7 Å². The highest BCUT2D eigenvalue weighted by molar-refractivity contribution is 5.98. The van der Waals surface area contributed by atoms with E-state index in [1.807, 2.05) is 111 Å². The first-order valence-electron chi connectivity index (χ1n) is 14.2. The van der Waals surface area contributed by atoms with Gasteiger partial charge in [-0.05, 0) is 48.9 Å². The van der Waals surface area contributed by atoms with Crippen molar-refractivity contribution in [2.45, 2.75) is 45.3 Å². The first-order valence-corrected chi connectivity index (χ1v) is 14.2. The van der Waals surface area contributed by atoms with Gasteiger partial charge in [0.2, 0.25) is 5.91 Å². The number of cyclic esters (lactones) is 1. The Morgan fingerprint density at radius 2 is 1.47 bits per heavy atom. The Labute approximate surface area is 251 Å². The van der Waals surface area contributed by atoms with E-state index in [-0.39, 0.29) is 30.2 Å². The van der Waals surface area contributed by atoms with Gasteiger partial charge in [-0.25, -0.2) is 10.3 Å². The van der Waals surface area contributed by atoms with Crippen LogP contribution >= 0.6 is 0 Å². The number of esters is 1. The first-order chi connectivity index (χ1) is 20.9. The number of phenolic OH excluding ortho intramolecular Hbond substituents is 1. The average molecular weight is 578 g/mol. The minimum Gasteiger partial charge on any atom is -0.507 e. The Bertz CT molecular complexity index is 1530. The van der Waals surface area contributed by atoms with Gasteiger partial charge in [0.05, 0.1) is 7.11 Å². The minimum atomic E-state index is -1.06. The normalized spacial score (nSPS) is 12.9. The maximum atomic E-state index is 13.2. The lowest BCUT2D eigenvalue weighted by Crippen LogP contribution is -2.40. The number of rotatable bonds is 11. The van der Waals surface area contributed by atoms with Crippen molar-refractivity contribution in [3.05, 3.63) is 142 Å². The highest BCUT2D eigenvalue weighted by Gasteiger charge is 2.39. The van der Waals surface area contributed by atoms with Crippen LogP contribution in [0, 0.1) is 6.92 Å². The molecule has 0 aromatic heterocycles. The second-order valence-corrected chi connectivity index (χ2v) is 10.6. The number of methoxy groups -OCH3 is 1. The summed E-state index contributed by atoms with van der Waals surface area (Å²) >= 11 is 0. The molecule has 0 unspecified atom stereocenters. The fourth-order valence-corrected chi connectivity index (χ4v) is 5.60. The maximum absolute atomic E-state index is 13.2. The molecule has 0 atom stereocenters. The zero-order valence-electron chi connectivity index (χ0n) is 24.6. The Balaban J connectivity index is 1.33. The van der Waals surface area contributed by atoms with Crippen molar-refractivity contribution in [1.29, 1.82) is 0 Å². The van der Waals surface area contributed by atoms with Crippen LogP contribution in [-0.4, -0.2) is 24.1 Å². The van der Waals surface area contributed by atoms with Gasteiger partial charge in [0, 0.05) is 17.5 Å². The molecular formula is C36H35NO6. The Morgan fingerprint density at radius 1 is 0.930 bits per heavy atom. The van der Waals surface area contributed by atoms with E-state index in [0.717, 1.165) is 27.8 Å². The first kappa shape index (κ1) is 29.6. The van der Waals surface area contributed by atoms with Crippen LogP contribution in [0.3, 0.4) is 0 Å². The summed E-state index contributed by atoms with van der Waals surface area (Å²) in [5, 5.41) is 10.9. The predicted molar refractivity (Wildman–Crippen MR) is 164 cm³/mol. The van der Waals surface area contributed by atoms with E-state index in [2.05, 4.69) is 5.48 Å². The standard InChI is InChI=1S/C36H35NO6/c1-24(19-21-29-33(39)32-30(23-42-35(32)40)25(2)34(29)41-3)20-22-31(38)37-43-36(26-13-7-4-8-14-26,27-15-9-5-10-16-27)28-17-11-6-12-18-28/h4-19,39H,20-23H2,1-3H3,(H,37,38)/b24-19+. The molecule has 0 saturated carbocycles. The van der Waals surface area contributed by atoms with Crippen LogP contribution in [0.4, 0.5) is 0 Å². The number of carbonyl (C=O) groups excluding carboxylic acids is 2. The summed E-state index contributed by atoms with van der Waals surface area (Å²) in [4.78, 5) is 31.8. The van der Waals surface area contributed by atoms with E-state index in [0.29, 0.717) is 29.7 Å². The average Bonchev–Trinajstić information content (AvgIpc) is 3.44. The highest BCUT2D eigenvalue weighted by Crippen LogP contribution is 2.42. The number of hydrogen-bond donors (Lipinski definition) is 2. The quantitative estimate of drug-likeness (QED) is 0.0893. The molecule has 1 heterocycles. The number of fused-ring (bicyclic) bond motifs is 1. The van der Waals surface area contributed by atoms with Crippen LogP contribution < -0.4 is 10.2 Å². The molecule has 5 rings (SSSR count). The van der Waals surface area contributed by atoms with Crippen LogP contribution in [0.15, 0.2) is 103 Å². The zero-order valence-corrected chi connectivity index (χ0v) is 24.6. The lowest BCUT2D eigenvalue weighted by atomic mass is 9.80. The molecule has 220 valence electrons. The largest absolute Gasteiger partial charge is 0.507 e. The van der Waals surface area contributed by atoms with Crippen LogP contribution in [0.2, 0.25) is 0 Å². The van der Waals surface area contributed by atoms with Crippen molar-refractivity contribution in [2.75, 3.05) is 7.11 Å². The lowest BCUT2D eigenvalue weighted by molar-refractivity contribution is -0.143. The summed E-state index contributed by atoms with van der Waals surface area (Å²) in [6, 6.07) is 29.5. The van der Waals surface area contributed by atoms with Crippen LogP contribution in [-0.2, 0) is 33.0 Å². The van der Waals surface area contributed by atoms with Crippen molar-refractivity contribution >= 4 is 11.9 Å². The zero-order chi connectivity index (χ0) is 30.4. The molecule has 1 aliphatic rings. The van der Waals surface area contributed by atoms with Crippen molar-refractivity contribution in [3.8, 4) is 11.5 Å². The molecule has 7 nitrogen and oxygen atoms in total. The minimum absolute atomic E-state index is 0.116. The number of benzene rings is 4. The van der Waals surface area contributed by atoms with E-state index in [1.165, 1.54) is 7.11 Å². The number of carbonyl (C=O) groups is 2. The Hall–Kier alpha value is -4.88. The fraction of sp³-hybridized carbons (Fsp3) is 0.222. The van der Waals surface area contributed by atoms with Gasteiger partial charge < -0.3 is 14.6 Å².